The van der Waals surface area contributed by atoms with Crippen LogP contribution in [-0.2, 0) is 6.42 Å². The van der Waals surface area contributed by atoms with Crippen LogP contribution >= 0.6 is 23.2 Å². The summed E-state index contributed by atoms with van der Waals surface area (Å²) in [5, 5.41) is 0.750. The minimum absolute atomic E-state index is 0.357. The van der Waals surface area contributed by atoms with Crippen LogP contribution in [0.3, 0.4) is 0 Å². The molecule has 0 bridgehead atoms. The molecule has 7 heteroatoms. The maximum absolute atomic E-state index is 6.51. The summed E-state index contributed by atoms with van der Waals surface area (Å²) in [5.74, 6) is 2.38. The fourth-order valence-corrected chi connectivity index (χ4v) is 3.27. The Morgan fingerprint density at radius 3 is 1.64 bits per heavy atom. The normalized spacial score (nSPS) is 10.4. The van der Waals surface area contributed by atoms with Gasteiger partial charge in [-0.3, -0.25) is 0 Å². The Morgan fingerprint density at radius 1 is 0.680 bits per heavy atom. The molecule has 0 saturated heterocycles. The van der Waals surface area contributed by atoms with Gasteiger partial charge in [0.1, 0.15) is 0 Å². The van der Waals surface area contributed by atoms with E-state index in [0.717, 1.165) is 5.56 Å². The molecule has 0 aromatic heterocycles. The fraction of sp³-hybridized carbons (Fsp3) is 0.333. The van der Waals surface area contributed by atoms with E-state index in [-0.39, 0.29) is 0 Å². The molecule has 2 aromatic carbocycles. The van der Waals surface area contributed by atoms with Gasteiger partial charge in [-0.15, -0.1) is 0 Å². The summed E-state index contributed by atoms with van der Waals surface area (Å²) in [7, 11) is 7.70. The maximum atomic E-state index is 6.51. The summed E-state index contributed by atoms with van der Waals surface area (Å²) < 4.78 is 26.7. The second kappa shape index (κ2) is 8.41. The average molecular weight is 387 g/mol. The van der Waals surface area contributed by atoms with Crippen LogP contribution in [0.2, 0.25) is 10.0 Å². The first-order valence-electron chi connectivity index (χ1n) is 7.38. The van der Waals surface area contributed by atoms with Gasteiger partial charge in [-0.2, -0.15) is 0 Å². The molecule has 0 aliphatic heterocycles. The van der Waals surface area contributed by atoms with Gasteiger partial charge in [-0.1, -0.05) is 29.3 Å². The lowest BCUT2D eigenvalue weighted by atomic mass is 10.0. The lowest BCUT2D eigenvalue weighted by molar-refractivity contribution is 0.324. The lowest BCUT2D eigenvalue weighted by Crippen LogP contribution is -2.01. The molecule has 0 aliphatic carbocycles. The van der Waals surface area contributed by atoms with Crippen molar-refractivity contribution < 1.29 is 23.7 Å². The van der Waals surface area contributed by atoms with Gasteiger partial charge >= 0.3 is 0 Å². The van der Waals surface area contributed by atoms with Gasteiger partial charge in [0.2, 0.25) is 5.75 Å². The van der Waals surface area contributed by atoms with Crippen molar-refractivity contribution in [3.8, 4) is 28.7 Å². The predicted molar refractivity (Wildman–Crippen MR) is 98.5 cm³/mol. The van der Waals surface area contributed by atoms with Crippen LogP contribution in [0.4, 0.5) is 0 Å². The molecule has 0 unspecified atom stereocenters. The highest BCUT2D eigenvalue weighted by molar-refractivity contribution is 6.38. The Kier molecular flexibility index (Phi) is 6.51. The molecular weight excluding hydrogens is 367 g/mol. The van der Waals surface area contributed by atoms with Crippen molar-refractivity contribution in [3.05, 3.63) is 39.4 Å². The highest BCUT2D eigenvalue weighted by Crippen LogP contribution is 2.50. The van der Waals surface area contributed by atoms with Crippen LogP contribution in [0.25, 0.3) is 0 Å². The SMILES string of the molecule is COc1ccc(Cc2c(Cl)c(OC)c(OC)c(OC)c2Cl)cc1OC. The Labute approximate surface area is 157 Å². The van der Waals surface area contributed by atoms with E-state index in [0.29, 0.717) is 50.8 Å². The van der Waals surface area contributed by atoms with Gasteiger partial charge in [0.25, 0.3) is 0 Å². The van der Waals surface area contributed by atoms with E-state index in [1.165, 1.54) is 21.3 Å². The van der Waals surface area contributed by atoms with Crippen molar-refractivity contribution in [3.63, 3.8) is 0 Å². The van der Waals surface area contributed by atoms with Crippen molar-refractivity contribution in [1.29, 1.82) is 0 Å². The first-order valence-corrected chi connectivity index (χ1v) is 8.14. The minimum atomic E-state index is 0.357. The van der Waals surface area contributed by atoms with Crippen molar-refractivity contribution in [2.45, 2.75) is 6.42 Å². The maximum Gasteiger partial charge on any atom is 0.206 e. The van der Waals surface area contributed by atoms with E-state index in [9.17, 15) is 0 Å². The second-order valence-corrected chi connectivity index (χ2v) is 5.83. The zero-order valence-corrected chi connectivity index (χ0v) is 16.2. The molecule has 0 atom stereocenters. The molecular formula is C18H20Cl2O5. The molecule has 2 rings (SSSR count). The quantitative estimate of drug-likeness (QED) is 0.694. The second-order valence-electron chi connectivity index (χ2n) is 5.07. The van der Waals surface area contributed by atoms with Crippen LogP contribution in [0.1, 0.15) is 11.1 Å². The highest BCUT2D eigenvalue weighted by Gasteiger charge is 2.25. The molecule has 136 valence electrons. The van der Waals surface area contributed by atoms with Crippen molar-refractivity contribution >= 4 is 23.2 Å². The Morgan fingerprint density at radius 2 is 1.20 bits per heavy atom. The van der Waals surface area contributed by atoms with E-state index in [4.69, 9.17) is 46.9 Å². The minimum Gasteiger partial charge on any atom is -0.493 e. The monoisotopic (exact) mass is 386 g/mol. The number of rotatable bonds is 7. The molecule has 0 fully saturated rings. The van der Waals surface area contributed by atoms with Gasteiger partial charge in [-0.25, -0.2) is 0 Å². The van der Waals surface area contributed by atoms with Crippen molar-refractivity contribution in [2.24, 2.45) is 0 Å². The van der Waals surface area contributed by atoms with E-state index in [1.807, 2.05) is 18.2 Å². The number of ether oxygens (including phenoxy) is 5. The molecule has 5 nitrogen and oxygen atoms in total. The molecule has 0 spiro atoms. The van der Waals surface area contributed by atoms with Gasteiger partial charge in [0, 0.05) is 12.0 Å². The van der Waals surface area contributed by atoms with Crippen LogP contribution in [-0.4, -0.2) is 35.5 Å². The fourth-order valence-electron chi connectivity index (χ4n) is 2.57. The Bertz CT molecular complexity index is 731. The zero-order chi connectivity index (χ0) is 18.6. The molecule has 2 aromatic rings. The number of hydrogen-bond donors (Lipinski definition) is 0. The van der Waals surface area contributed by atoms with Crippen LogP contribution in [0.15, 0.2) is 18.2 Å². The highest BCUT2D eigenvalue weighted by atomic mass is 35.5. The standard InChI is InChI=1S/C18H20Cl2O5/c1-21-12-7-6-10(9-13(12)22-2)8-11-14(19)16(23-3)18(25-5)17(24-4)15(11)20/h6-7,9H,8H2,1-5H3. The van der Waals surface area contributed by atoms with Gasteiger partial charge in [-0.05, 0) is 17.7 Å². The summed E-state index contributed by atoms with van der Waals surface area (Å²) in [6.45, 7) is 0. The van der Waals surface area contributed by atoms with Crippen LogP contribution in [0.5, 0.6) is 28.7 Å². The van der Waals surface area contributed by atoms with Crippen LogP contribution in [0, 0.1) is 0 Å². The molecule has 25 heavy (non-hydrogen) atoms. The third-order valence-corrected chi connectivity index (χ3v) is 4.58. The van der Waals surface area contributed by atoms with Crippen LogP contribution < -0.4 is 23.7 Å². The van der Waals surface area contributed by atoms with E-state index < -0.39 is 0 Å². The number of hydrogen-bond acceptors (Lipinski definition) is 5. The summed E-state index contributed by atoms with van der Waals surface area (Å²) in [6, 6.07) is 5.61. The van der Waals surface area contributed by atoms with E-state index in [2.05, 4.69) is 0 Å². The summed E-state index contributed by atoms with van der Waals surface area (Å²) in [5.41, 5.74) is 1.61. The summed E-state index contributed by atoms with van der Waals surface area (Å²) >= 11 is 13.0. The molecule has 0 radical (unpaired) electrons. The molecule has 0 amide bonds. The largest absolute Gasteiger partial charge is 0.493 e. The molecule has 0 N–H and O–H groups in total. The first kappa shape index (κ1) is 19.3. The first-order chi connectivity index (χ1) is 12.0. The predicted octanol–water partition coefficient (Wildman–Crippen LogP) is 4.63. The number of methoxy groups -OCH3 is 5. The van der Waals surface area contributed by atoms with Gasteiger partial charge in [0.05, 0.1) is 45.6 Å². The van der Waals surface area contributed by atoms with Gasteiger partial charge < -0.3 is 23.7 Å². The van der Waals surface area contributed by atoms with E-state index in [1.54, 1.807) is 14.2 Å². The van der Waals surface area contributed by atoms with Crippen molar-refractivity contribution in [1.82, 2.24) is 0 Å². The van der Waals surface area contributed by atoms with E-state index >= 15 is 0 Å². The molecule has 0 saturated carbocycles. The Hall–Kier alpha value is -1.98. The van der Waals surface area contributed by atoms with Crippen molar-refractivity contribution in [2.75, 3.05) is 35.5 Å². The number of benzene rings is 2. The Balaban J connectivity index is 2.56. The van der Waals surface area contributed by atoms with Gasteiger partial charge in [0.15, 0.2) is 23.0 Å². The topological polar surface area (TPSA) is 46.2 Å². The lowest BCUT2D eigenvalue weighted by Gasteiger charge is -2.19. The molecule has 0 heterocycles. The third kappa shape index (κ3) is 3.67. The smallest absolute Gasteiger partial charge is 0.206 e. The summed E-state index contributed by atoms with van der Waals surface area (Å²) in [6.07, 6.45) is 0.453. The third-order valence-electron chi connectivity index (χ3n) is 3.78. The summed E-state index contributed by atoms with van der Waals surface area (Å²) in [4.78, 5) is 0. The zero-order valence-electron chi connectivity index (χ0n) is 14.7. The molecule has 0 aliphatic rings. The number of halogens is 2. The average Bonchev–Trinajstić information content (AvgIpc) is 2.64.